The number of aromatic amines is 1. The average molecular weight is 241 g/mol. The highest BCUT2D eigenvalue weighted by molar-refractivity contribution is 5.73. The number of methoxy groups -OCH3 is 1. The van der Waals surface area contributed by atoms with Crippen molar-refractivity contribution in [1.29, 1.82) is 5.26 Å². The highest BCUT2D eigenvalue weighted by Gasteiger charge is 2.21. The summed E-state index contributed by atoms with van der Waals surface area (Å²) in [6, 6.07) is 7.72. The summed E-state index contributed by atoms with van der Waals surface area (Å²) in [5, 5.41) is 16.0. The maximum absolute atomic E-state index is 9.01. The number of benzene rings is 1. The number of hydrogen-bond donors (Lipinski definition) is 1. The molecule has 0 radical (unpaired) electrons. The first-order valence-electron chi connectivity index (χ1n) is 5.62. The predicted molar refractivity (Wildman–Crippen MR) is 64.5 cm³/mol. The minimum Gasteiger partial charge on any atom is -0.497 e. The monoisotopic (exact) mass is 241 g/mol. The van der Waals surface area contributed by atoms with E-state index < -0.39 is 0 Å². The molecule has 0 fully saturated rings. The molecule has 90 valence electrons. The third-order valence-electron chi connectivity index (χ3n) is 3.04. The standard InChI is InChI=1S/C13H11N3O2/c1-17-8-2-3-10-12(6-8)18-5-4-9-11(7-14)15-16-13(9)10/h2-3,6H,4-5H2,1H3,(H,15,16). The third-order valence-corrected chi connectivity index (χ3v) is 3.04. The van der Waals surface area contributed by atoms with Gasteiger partial charge in [0.2, 0.25) is 0 Å². The molecule has 18 heavy (non-hydrogen) atoms. The molecule has 5 heteroatoms. The quantitative estimate of drug-likeness (QED) is 0.827. The van der Waals surface area contributed by atoms with Crippen LogP contribution >= 0.6 is 0 Å². The Morgan fingerprint density at radius 2 is 2.39 bits per heavy atom. The SMILES string of the molecule is COc1ccc2c(c1)OCCc1c(C#N)n[nH]c1-2. The van der Waals surface area contributed by atoms with Crippen molar-refractivity contribution in [3.05, 3.63) is 29.5 Å². The van der Waals surface area contributed by atoms with Gasteiger partial charge in [-0.25, -0.2) is 0 Å². The fourth-order valence-electron chi connectivity index (χ4n) is 2.14. The van der Waals surface area contributed by atoms with Crippen LogP contribution < -0.4 is 9.47 Å². The zero-order chi connectivity index (χ0) is 12.5. The fraction of sp³-hybridized carbons (Fsp3) is 0.231. The zero-order valence-electron chi connectivity index (χ0n) is 9.86. The molecular weight excluding hydrogens is 230 g/mol. The molecule has 0 amide bonds. The number of nitrogens with zero attached hydrogens (tertiary/aromatic N) is 2. The van der Waals surface area contributed by atoms with E-state index in [1.807, 2.05) is 18.2 Å². The van der Waals surface area contributed by atoms with Crippen LogP contribution in [0, 0.1) is 11.3 Å². The molecule has 0 atom stereocenters. The van der Waals surface area contributed by atoms with Gasteiger partial charge in [0.1, 0.15) is 17.6 Å². The van der Waals surface area contributed by atoms with E-state index in [0.717, 1.165) is 28.3 Å². The van der Waals surface area contributed by atoms with E-state index in [2.05, 4.69) is 16.3 Å². The fourth-order valence-corrected chi connectivity index (χ4v) is 2.14. The van der Waals surface area contributed by atoms with Gasteiger partial charge in [-0.05, 0) is 12.1 Å². The molecule has 0 saturated carbocycles. The van der Waals surface area contributed by atoms with Crippen molar-refractivity contribution in [1.82, 2.24) is 10.2 Å². The van der Waals surface area contributed by atoms with Gasteiger partial charge in [0.05, 0.1) is 19.4 Å². The smallest absolute Gasteiger partial charge is 0.166 e. The number of hydrogen-bond acceptors (Lipinski definition) is 4. The summed E-state index contributed by atoms with van der Waals surface area (Å²) in [6.45, 7) is 0.529. The lowest BCUT2D eigenvalue weighted by Crippen LogP contribution is -1.99. The van der Waals surface area contributed by atoms with Crippen LogP contribution in [0.25, 0.3) is 11.3 Å². The maximum atomic E-state index is 9.01. The molecule has 0 bridgehead atoms. The molecule has 1 aromatic carbocycles. The van der Waals surface area contributed by atoms with Gasteiger partial charge in [-0.2, -0.15) is 10.4 Å². The molecule has 1 aromatic heterocycles. The van der Waals surface area contributed by atoms with E-state index in [9.17, 15) is 0 Å². The molecule has 5 nitrogen and oxygen atoms in total. The summed E-state index contributed by atoms with van der Waals surface area (Å²) in [5.41, 5.74) is 3.14. The Balaban J connectivity index is 2.19. The normalized spacial score (nSPS) is 12.7. The van der Waals surface area contributed by atoms with E-state index in [1.54, 1.807) is 7.11 Å². The number of nitrogens with one attached hydrogen (secondary N) is 1. The predicted octanol–water partition coefficient (Wildman–Crippen LogP) is 1.89. The van der Waals surface area contributed by atoms with Gasteiger partial charge in [0, 0.05) is 23.6 Å². The van der Waals surface area contributed by atoms with E-state index >= 15 is 0 Å². The molecule has 0 saturated heterocycles. The van der Waals surface area contributed by atoms with Crippen molar-refractivity contribution in [3.63, 3.8) is 0 Å². The van der Waals surface area contributed by atoms with E-state index in [4.69, 9.17) is 14.7 Å². The molecule has 0 aliphatic carbocycles. The third kappa shape index (κ3) is 1.51. The summed E-state index contributed by atoms with van der Waals surface area (Å²) in [4.78, 5) is 0. The Kier molecular flexibility index (Phi) is 2.41. The van der Waals surface area contributed by atoms with Gasteiger partial charge in [-0.15, -0.1) is 0 Å². The van der Waals surface area contributed by atoms with Crippen LogP contribution in [0.2, 0.25) is 0 Å². The molecule has 2 aromatic rings. The number of H-pyrrole nitrogens is 1. The Bertz CT molecular complexity index is 640. The number of aromatic nitrogens is 2. The van der Waals surface area contributed by atoms with Crippen molar-refractivity contribution >= 4 is 0 Å². The Hall–Kier alpha value is -2.48. The highest BCUT2D eigenvalue weighted by Crippen LogP contribution is 2.37. The Labute approximate surface area is 104 Å². The van der Waals surface area contributed by atoms with Gasteiger partial charge in [0.25, 0.3) is 0 Å². The largest absolute Gasteiger partial charge is 0.497 e. The lowest BCUT2D eigenvalue weighted by atomic mass is 10.0. The number of rotatable bonds is 1. The maximum Gasteiger partial charge on any atom is 0.166 e. The van der Waals surface area contributed by atoms with Crippen molar-refractivity contribution in [2.24, 2.45) is 0 Å². The van der Waals surface area contributed by atoms with E-state index in [-0.39, 0.29) is 0 Å². The lowest BCUT2D eigenvalue weighted by molar-refractivity contribution is 0.323. The van der Waals surface area contributed by atoms with Crippen molar-refractivity contribution in [2.45, 2.75) is 6.42 Å². The number of fused-ring (bicyclic) bond motifs is 3. The van der Waals surface area contributed by atoms with Crippen LogP contribution in [0.1, 0.15) is 11.3 Å². The summed E-state index contributed by atoms with van der Waals surface area (Å²) in [5.74, 6) is 1.50. The Morgan fingerprint density at radius 3 is 3.17 bits per heavy atom. The lowest BCUT2D eigenvalue weighted by Gasteiger charge is -2.08. The zero-order valence-corrected chi connectivity index (χ0v) is 9.86. The van der Waals surface area contributed by atoms with Gasteiger partial charge in [-0.1, -0.05) is 0 Å². The molecule has 1 aliphatic heterocycles. The van der Waals surface area contributed by atoms with Gasteiger partial charge < -0.3 is 9.47 Å². The molecule has 0 spiro atoms. The van der Waals surface area contributed by atoms with Gasteiger partial charge >= 0.3 is 0 Å². The molecular formula is C13H11N3O2. The van der Waals surface area contributed by atoms with Crippen LogP contribution in [-0.4, -0.2) is 23.9 Å². The first-order chi connectivity index (χ1) is 8.83. The van der Waals surface area contributed by atoms with Gasteiger partial charge in [-0.3, -0.25) is 5.10 Å². The van der Waals surface area contributed by atoms with E-state index in [1.165, 1.54) is 0 Å². The van der Waals surface area contributed by atoms with Crippen LogP contribution in [0.4, 0.5) is 0 Å². The summed E-state index contributed by atoms with van der Waals surface area (Å²) >= 11 is 0. The minimum atomic E-state index is 0.442. The first kappa shape index (κ1) is 10.7. The van der Waals surface area contributed by atoms with Crippen LogP contribution in [0.15, 0.2) is 18.2 Å². The first-order valence-corrected chi connectivity index (χ1v) is 5.62. The molecule has 1 N–H and O–H groups in total. The van der Waals surface area contributed by atoms with Crippen LogP contribution in [0.3, 0.4) is 0 Å². The van der Waals surface area contributed by atoms with Crippen LogP contribution in [-0.2, 0) is 6.42 Å². The molecule has 0 unspecified atom stereocenters. The van der Waals surface area contributed by atoms with Gasteiger partial charge in [0.15, 0.2) is 5.69 Å². The second-order valence-corrected chi connectivity index (χ2v) is 4.00. The number of ether oxygens (including phenoxy) is 2. The van der Waals surface area contributed by atoms with Crippen molar-refractivity contribution < 1.29 is 9.47 Å². The second kappa shape index (κ2) is 4.08. The second-order valence-electron chi connectivity index (χ2n) is 4.00. The average Bonchev–Trinajstić information content (AvgIpc) is 2.73. The Morgan fingerprint density at radius 1 is 1.50 bits per heavy atom. The molecule has 2 heterocycles. The number of nitriles is 1. The summed E-state index contributed by atoms with van der Waals surface area (Å²) < 4.78 is 10.9. The summed E-state index contributed by atoms with van der Waals surface area (Å²) in [7, 11) is 1.62. The summed E-state index contributed by atoms with van der Waals surface area (Å²) in [6.07, 6.45) is 0.672. The van der Waals surface area contributed by atoms with E-state index in [0.29, 0.717) is 18.7 Å². The topological polar surface area (TPSA) is 70.9 Å². The van der Waals surface area contributed by atoms with Crippen molar-refractivity contribution in [3.8, 4) is 28.8 Å². The highest BCUT2D eigenvalue weighted by atomic mass is 16.5. The minimum absolute atomic E-state index is 0.442. The molecule has 3 rings (SSSR count). The van der Waals surface area contributed by atoms with Crippen LogP contribution in [0.5, 0.6) is 11.5 Å². The molecule has 1 aliphatic rings. The van der Waals surface area contributed by atoms with Crippen molar-refractivity contribution in [2.75, 3.05) is 13.7 Å².